The molecule has 0 amide bonds. The van der Waals surface area contributed by atoms with Gasteiger partial charge in [0.25, 0.3) is 0 Å². The molecule has 0 radical (unpaired) electrons. The van der Waals surface area contributed by atoms with Gasteiger partial charge in [0.2, 0.25) is 0 Å². The molecule has 10 nitrogen and oxygen atoms in total. The van der Waals surface area contributed by atoms with Crippen LogP contribution < -0.4 is 0 Å². The molecular formula is C42H42N2O8. The number of Topliss-reactive ketones (excluding diaryl/α,β-unsaturated/α-hetero) is 1. The van der Waals surface area contributed by atoms with Crippen molar-refractivity contribution in [1.82, 2.24) is 0 Å². The fourth-order valence-corrected chi connectivity index (χ4v) is 10.6. The summed E-state index contributed by atoms with van der Waals surface area (Å²) in [5.41, 5.74) is 3.94. The van der Waals surface area contributed by atoms with Gasteiger partial charge in [-0.3, -0.25) is 9.59 Å². The van der Waals surface area contributed by atoms with Gasteiger partial charge in [-0.15, -0.1) is 0 Å². The molecule has 2 saturated carbocycles. The maximum Gasteiger partial charge on any atom is 0.414 e. The number of fused-ring (bicyclic) bond motifs is 5. The van der Waals surface area contributed by atoms with E-state index in [-0.39, 0.29) is 24.0 Å². The maximum absolute atomic E-state index is 13.9. The van der Waals surface area contributed by atoms with Crippen LogP contribution in [0.2, 0.25) is 0 Å². The lowest BCUT2D eigenvalue weighted by atomic mass is 9.59. The lowest BCUT2D eigenvalue weighted by Gasteiger charge is -2.53. The molecule has 3 N–H and O–H groups in total. The molecule has 2 fully saturated rings. The number of carbonyl (C=O) groups excluding carboxylic acids is 3. The predicted molar refractivity (Wildman–Crippen MR) is 193 cm³/mol. The predicted octanol–water partition coefficient (Wildman–Crippen LogP) is 5.25. The first-order chi connectivity index (χ1) is 25.1. The van der Waals surface area contributed by atoms with Crippen LogP contribution in [0.3, 0.4) is 0 Å². The van der Waals surface area contributed by atoms with Crippen molar-refractivity contribution >= 4 is 56.3 Å². The van der Waals surface area contributed by atoms with Crippen molar-refractivity contribution in [3.63, 3.8) is 0 Å². The summed E-state index contributed by atoms with van der Waals surface area (Å²) in [6, 6.07) is 18.9. The molecule has 1 unspecified atom stereocenters. The second-order valence-corrected chi connectivity index (χ2v) is 15.8. The van der Waals surface area contributed by atoms with Crippen LogP contribution in [0.1, 0.15) is 53.9 Å². The second kappa shape index (κ2) is 11.6. The van der Waals surface area contributed by atoms with E-state index in [9.17, 15) is 29.7 Å². The molecule has 8 rings (SSSR count). The van der Waals surface area contributed by atoms with E-state index in [2.05, 4.69) is 53.3 Å². The van der Waals surface area contributed by atoms with Crippen LogP contribution in [-0.4, -0.2) is 73.5 Å². The SMILES string of the molecule is [3H]C(O)C1=C[C@H]2[C@@H]3C(C)(C)[C@]3(OC(=O)C=[N+]=[N-])[C@H](OC(=O)CCCc3ccc4ccc5cccc6ccc3c4c56)[C@@H](C)[C@]2(O)[C@@H]2C=C(C)C(=O)[C@@]2(O)C1. The molecular weight excluding hydrogens is 660 g/mol. The fraction of sp³-hybridized carbons (Fsp3) is 0.429. The van der Waals surface area contributed by atoms with Gasteiger partial charge < -0.3 is 30.3 Å². The third-order valence-corrected chi connectivity index (χ3v) is 13.0. The van der Waals surface area contributed by atoms with E-state index in [1.807, 2.05) is 6.07 Å². The zero-order valence-corrected chi connectivity index (χ0v) is 29.5. The number of hydrogen-bond acceptors (Lipinski definition) is 8. The van der Waals surface area contributed by atoms with Crippen LogP contribution >= 0.6 is 0 Å². The van der Waals surface area contributed by atoms with Crippen molar-refractivity contribution in [3.8, 4) is 0 Å². The number of benzene rings is 4. The Labute approximate surface area is 302 Å². The molecule has 9 atom stereocenters. The van der Waals surface area contributed by atoms with E-state index < -0.39 is 76.3 Å². The standard InChI is InChI=1S/C42H42N2O8/c1-22-17-31-40(49,37(22)48)19-24(21-45)18-30-36-39(3,4)42(36,52-33(47)20-44-43)38(23(2)41(30,31)50)51-32(46)10-6-7-25-11-12-28-14-13-26-8-5-9-27-15-16-29(25)35(28)34(26)27/h5,8-9,11-18,20,23,30-31,36,38,45,49-50H,6-7,10,19,21H2,1-4H3/t23-,30+,31-,36-,38-,40-,41-,42-/m1/s1/i21T/t21?,23-,30+,31-,36-,38-,40-,41-,42-. The van der Waals surface area contributed by atoms with Crippen LogP contribution in [-0.2, 0) is 30.3 Å². The van der Waals surface area contributed by atoms with E-state index in [1.54, 1.807) is 27.7 Å². The Morgan fingerprint density at radius 1 is 1.04 bits per heavy atom. The van der Waals surface area contributed by atoms with Crippen LogP contribution in [0.5, 0.6) is 0 Å². The minimum absolute atomic E-state index is 0.0141. The van der Waals surface area contributed by atoms with Gasteiger partial charge in [-0.25, -0.2) is 4.79 Å². The fourth-order valence-electron chi connectivity index (χ4n) is 10.6. The summed E-state index contributed by atoms with van der Waals surface area (Å²) < 4.78 is 20.5. The molecule has 268 valence electrons. The van der Waals surface area contributed by atoms with Gasteiger partial charge in [-0.1, -0.05) is 87.5 Å². The van der Waals surface area contributed by atoms with E-state index >= 15 is 0 Å². The number of nitrogens with zero attached hydrogens (tertiary/aromatic N) is 2. The third-order valence-electron chi connectivity index (χ3n) is 13.0. The summed E-state index contributed by atoms with van der Waals surface area (Å²) in [4.78, 5) is 43.2. The van der Waals surface area contributed by atoms with Gasteiger partial charge in [0.1, 0.15) is 11.7 Å². The first-order valence-corrected chi connectivity index (χ1v) is 17.9. The molecule has 4 aliphatic carbocycles. The molecule has 0 aromatic heterocycles. The first-order valence-electron chi connectivity index (χ1n) is 18.4. The number of rotatable bonds is 8. The Bertz CT molecular complexity index is 2330. The number of esters is 2. The normalized spacial score (nSPS) is 33.9. The summed E-state index contributed by atoms with van der Waals surface area (Å²) in [5, 5.41) is 42.4. The molecule has 0 bridgehead atoms. The number of aryl methyl sites for hydroxylation is 1. The lowest BCUT2D eigenvalue weighted by Crippen LogP contribution is -2.66. The highest BCUT2D eigenvalue weighted by Gasteiger charge is 2.88. The van der Waals surface area contributed by atoms with Crippen LogP contribution in [0, 0.1) is 29.1 Å². The summed E-state index contributed by atoms with van der Waals surface area (Å²) in [6.07, 6.45) is 3.07. The number of carbonyl (C=O) groups is 3. The molecule has 10 heteroatoms. The van der Waals surface area contributed by atoms with Crippen molar-refractivity contribution in [1.29, 1.82) is 0 Å². The Morgan fingerprint density at radius 2 is 1.71 bits per heavy atom. The van der Waals surface area contributed by atoms with Gasteiger partial charge in [-0.05, 0) is 68.8 Å². The largest absolute Gasteiger partial charge is 0.458 e. The minimum Gasteiger partial charge on any atom is -0.458 e. The first kappa shape index (κ1) is 33.1. The summed E-state index contributed by atoms with van der Waals surface area (Å²) in [5.74, 6) is -6.09. The van der Waals surface area contributed by atoms with Crippen molar-refractivity contribution in [3.05, 3.63) is 89.0 Å². The molecule has 4 aliphatic rings. The quantitative estimate of drug-likeness (QED) is 0.0559. The molecule has 4 aromatic rings. The third kappa shape index (κ3) is 4.51. The lowest BCUT2D eigenvalue weighted by molar-refractivity contribution is -0.227. The number of ketones is 1. The van der Waals surface area contributed by atoms with Gasteiger partial charge >= 0.3 is 18.2 Å². The van der Waals surface area contributed by atoms with Crippen molar-refractivity contribution in [2.45, 2.75) is 76.3 Å². The molecule has 0 heterocycles. The monoisotopic (exact) mass is 704 g/mol. The molecule has 52 heavy (non-hydrogen) atoms. The number of hydrogen-bond donors (Lipinski definition) is 3. The van der Waals surface area contributed by atoms with E-state index in [0.29, 0.717) is 19.1 Å². The zero-order chi connectivity index (χ0) is 37.8. The van der Waals surface area contributed by atoms with E-state index in [4.69, 9.17) is 16.4 Å². The maximum atomic E-state index is 13.9. The summed E-state index contributed by atoms with van der Waals surface area (Å²) in [7, 11) is 0. The number of aliphatic hydroxyl groups excluding tert-OH is 1. The number of ether oxygens (including phenoxy) is 2. The highest BCUT2D eigenvalue weighted by Crippen LogP contribution is 2.77. The molecule has 0 saturated heterocycles. The van der Waals surface area contributed by atoms with E-state index in [1.165, 1.54) is 22.9 Å². The highest BCUT2D eigenvalue weighted by molar-refractivity contribution is 6.23. The zero-order valence-electron chi connectivity index (χ0n) is 30.5. The van der Waals surface area contributed by atoms with Gasteiger partial charge in [-0.2, -0.15) is 4.79 Å². The average Bonchev–Trinajstić information content (AvgIpc) is 3.54. The van der Waals surface area contributed by atoms with Gasteiger partial charge in [0.05, 0.1) is 13.6 Å². The van der Waals surface area contributed by atoms with Gasteiger partial charge in [0.15, 0.2) is 11.4 Å². The van der Waals surface area contributed by atoms with E-state index in [0.717, 1.165) is 27.1 Å². The molecule has 0 aliphatic heterocycles. The highest BCUT2D eigenvalue weighted by atomic mass is 16.6. The van der Waals surface area contributed by atoms with Crippen molar-refractivity contribution in [2.75, 3.05) is 6.58 Å². The van der Waals surface area contributed by atoms with Crippen LogP contribution in [0.15, 0.2) is 77.9 Å². The summed E-state index contributed by atoms with van der Waals surface area (Å²) >= 11 is 0. The topological polar surface area (TPSA) is 167 Å². The Balaban J connectivity index is 1.13. The van der Waals surface area contributed by atoms with Crippen molar-refractivity contribution < 1.29 is 45.3 Å². The second-order valence-electron chi connectivity index (χ2n) is 15.8. The van der Waals surface area contributed by atoms with Crippen LogP contribution in [0.4, 0.5) is 0 Å². The smallest absolute Gasteiger partial charge is 0.414 e. The number of aliphatic hydroxyl groups is 3. The minimum atomic E-state index is -2.16. The Morgan fingerprint density at radius 3 is 2.40 bits per heavy atom. The Kier molecular flexibility index (Phi) is 7.41. The van der Waals surface area contributed by atoms with Crippen LogP contribution in [0.25, 0.3) is 37.8 Å². The molecule has 4 aromatic carbocycles. The Hall–Kier alpha value is -4.73. The van der Waals surface area contributed by atoms with Crippen molar-refractivity contribution in [2.24, 2.45) is 29.1 Å². The van der Waals surface area contributed by atoms with Gasteiger partial charge in [0, 0.05) is 41.9 Å². The molecule has 0 spiro atoms. The average molecular weight is 705 g/mol. The summed E-state index contributed by atoms with van der Waals surface area (Å²) in [6.45, 7) is 4.99.